The zero-order valence-electron chi connectivity index (χ0n) is 17.2. The maximum atomic E-state index is 11.7. The van der Waals surface area contributed by atoms with Crippen LogP contribution in [0, 0.1) is 0 Å². The Morgan fingerprint density at radius 2 is 1.93 bits per heavy atom. The molecule has 3 rings (SSSR count). The summed E-state index contributed by atoms with van der Waals surface area (Å²) in [6.45, 7) is 6.16. The Morgan fingerprint density at radius 1 is 1.24 bits per heavy atom. The molecule has 1 aliphatic heterocycles. The Hall–Kier alpha value is -2.91. The highest BCUT2D eigenvalue weighted by Crippen LogP contribution is 2.22. The molecule has 1 fully saturated rings. The highest BCUT2D eigenvalue weighted by atomic mass is 16.5. The van der Waals surface area contributed by atoms with Gasteiger partial charge in [-0.25, -0.2) is 9.78 Å². The van der Waals surface area contributed by atoms with Gasteiger partial charge in [0.25, 0.3) is 0 Å². The maximum absolute atomic E-state index is 11.7. The van der Waals surface area contributed by atoms with Crippen LogP contribution in [0.2, 0.25) is 0 Å². The molecule has 0 spiro atoms. The molecule has 29 heavy (non-hydrogen) atoms. The van der Waals surface area contributed by atoms with Gasteiger partial charge in [0.05, 0.1) is 7.11 Å². The summed E-state index contributed by atoms with van der Waals surface area (Å²) in [6, 6.07) is 7.67. The van der Waals surface area contributed by atoms with Crippen LogP contribution >= 0.6 is 0 Å². The number of esters is 1. The van der Waals surface area contributed by atoms with Crippen LogP contribution < -0.4 is 21.3 Å². The van der Waals surface area contributed by atoms with E-state index in [0.29, 0.717) is 11.8 Å². The summed E-state index contributed by atoms with van der Waals surface area (Å²) in [5.74, 6) is 0.562. The maximum Gasteiger partial charge on any atom is 0.328 e. The van der Waals surface area contributed by atoms with Crippen LogP contribution in [0.15, 0.2) is 30.5 Å². The molecule has 0 amide bonds. The first-order valence-corrected chi connectivity index (χ1v) is 9.71. The SMILES string of the molecule is COC(=O)[C@H](C)Nc1nc(Nc2ccc(N3CCN(C)CC3)cc2)ncc1CN. The van der Waals surface area contributed by atoms with Crippen molar-refractivity contribution in [3.05, 3.63) is 36.0 Å². The zero-order chi connectivity index (χ0) is 20.8. The standard InChI is InChI=1S/C20H29N7O2/c1-14(19(28)29-3)23-18-15(12-21)13-22-20(25-18)24-16-4-6-17(7-5-16)27-10-8-26(2)9-11-27/h4-7,13-14H,8-12,21H2,1-3H3,(H2,22,23,24,25)/t14-/m0/s1. The second-order valence-corrected chi connectivity index (χ2v) is 7.12. The van der Waals surface area contributed by atoms with Crippen molar-refractivity contribution in [3.8, 4) is 0 Å². The van der Waals surface area contributed by atoms with Crippen molar-refractivity contribution in [1.82, 2.24) is 14.9 Å². The highest BCUT2D eigenvalue weighted by Gasteiger charge is 2.17. The molecule has 4 N–H and O–H groups in total. The van der Waals surface area contributed by atoms with Crippen molar-refractivity contribution in [3.63, 3.8) is 0 Å². The normalized spacial score (nSPS) is 15.7. The summed E-state index contributed by atoms with van der Waals surface area (Å²) in [4.78, 5) is 25.2. The molecular formula is C20H29N7O2. The zero-order valence-corrected chi connectivity index (χ0v) is 17.2. The summed E-state index contributed by atoms with van der Waals surface area (Å²) in [7, 11) is 3.50. The van der Waals surface area contributed by atoms with E-state index in [9.17, 15) is 4.79 Å². The van der Waals surface area contributed by atoms with E-state index in [2.05, 4.69) is 49.6 Å². The van der Waals surface area contributed by atoms with Gasteiger partial charge in [-0.15, -0.1) is 0 Å². The number of carbonyl (C=O) groups is 1. The van der Waals surface area contributed by atoms with Gasteiger partial charge in [0, 0.05) is 55.9 Å². The van der Waals surface area contributed by atoms with Crippen molar-refractivity contribution >= 4 is 29.1 Å². The molecular weight excluding hydrogens is 370 g/mol. The molecule has 1 aromatic heterocycles. The largest absolute Gasteiger partial charge is 0.467 e. The number of piperazine rings is 1. The van der Waals surface area contributed by atoms with E-state index in [0.717, 1.165) is 37.4 Å². The minimum atomic E-state index is -0.545. The molecule has 0 saturated carbocycles. The van der Waals surface area contributed by atoms with E-state index >= 15 is 0 Å². The lowest BCUT2D eigenvalue weighted by molar-refractivity contribution is -0.141. The number of nitrogens with two attached hydrogens (primary N) is 1. The molecule has 9 nitrogen and oxygen atoms in total. The van der Waals surface area contributed by atoms with E-state index in [4.69, 9.17) is 10.5 Å². The quantitative estimate of drug-likeness (QED) is 0.595. The minimum Gasteiger partial charge on any atom is -0.467 e. The van der Waals surface area contributed by atoms with Gasteiger partial charge in [-0.1, -0.05) is 0 Å². The average molecular weight is 399 g/mol. The third-order valence-electron chi connectivity index (χ3n) is 4.98. The van der Waals surface area contributed by atoms with Crippen LogP contribution in [0.3, 0.4) is 0 Å². The number of benzene rings is 1. The monoisotopic (exact) mass is 399 g/mol. The molecule has 0 aliphatic carbocycles. The Kier molecular flexibility index (Phi) is 6.84. The first-order chi connectivity index (χ1) is 14.0. The third kappa shape index (κ3) is 5.33. The molecule has 2 aromatic rings. The molecule has 1 aliphatic rings. The van der Waals surface area contributed by atoms with E-state index in [1.807, 2.05) is 12.1 Å². The summed E-state index contributed by atoms with van der Waals surface area (Å²) in [5, 5.41) is 6.24. The lowest BCUT2D eigenvalue weighted by atomic mass is 10.2. The Bertz CT molecular complexity index is 820. The second-order valence-electron chi connectivity index (χ2n) is 7.12. The van der Waals surface area contributed by atoms with Gasteiger partial charge < -0.3 is 30.9 Å². The number of nitrogens with one attached hydrogen (secondary N) is 2. The third-order valence-corrected chi connectivity index (χ3v) is 4.98. The van der Waals surface area contributed by atoms with Crippen molar-refractivity contribution in [2.24, 2.45) is 5.73 Å². The van der Waals surface area contributed by atoms with E-state index in [-0.39, 0.29) is 12.5 Å². The van der Waals surface area contributed by atoms with Gasteiger partial charge in [0.2, 0.25) is 5.95 Å². The van der Waals surface area contributed by atoms with Crippen molar-refractivity contribution < 1.29 is 9.53 Å². The number of hydrogen-bond donors (Lipinski definition) is 3. The lowest BCUT2D eigenvalue weighted by Crippen LogP contribution is -2.44. The molecule has 1 saturated heterocycles. The number of methoxy groups -OCH3 is 1. The van der Waals surface area contributed by atoms with Crippen LogP contribution in [0.5, 0.6) is 0 Å². The van der Waals surface area contributed by atoms with Crippen LogP contribution in [-0.2, 0) is 16.1 Å². The first-order valence-electron chi connectivity index (χ1n) is 9.71. The molecule has 0 unspecified atom stereocenters. The fourth-order valence-corrected chi connectivity index (χ4v) is 3.13. The first kappa shape index (κ1) is 20.8. The van der Waals surface area contributed by atoms with Crippen molar-refractivity contribution in [1.29, 1.82) is 0 Å². The molecule has 156 valence electrons. The smallest absolute Gasteiger partial charge is 0.328 e. The number of aromatic nitrogens is 2. The fourth-order valence-electron chi connectivity index (χ4n) is 3.13. The predicted octanol–water partition coefficient (Wildman–Crippen LogP) is 1.40. The number of likely N-dealkylation sites (N-methyl/N-ethyl adjacent to an activating group) is 1. The minimum absolute atomic E-state index is 0.260. The fraction of sp³-hybridized carbons (Fsp3) is 0.450. The predicted molar refractivity (Wildman–Crippen MR) is 114 cm³/mol. The molecule has 0 radical (unpaired) electrons. The van der Waals surface area contributed by atoms with Gasteiger partial charge in [-0.05, 0) is 38.2 Å². The van der Waals surface area contributed by atoms with Gasteiger partial charge in [-0.3, -0.25) is 0 Å². The Labute approximate surface area is 171 Å². The average Bonchev–Trinajstić information content (AvgIpc) is 2.74. The van der Waals surface area contributed by atoms with Gasteiger partial charge >= 0.3 is 5.97 Å². The molecule has 1 aromatic carbocycles. The summed E-state index contributed by atoms with van der Waals surface area (Å²) in [5.41, 5.74) is 8.58. The van der Waals surface area contributed by atoms with Gasteiger partial charge in [-0.2, -0.15) is 4.98 Å². The number of hydrogen-bond acceptors (Lipinski definition) is 9. The van der Waals surface area contributed by atoms with Crippen LogP contribution in [0.1, 0.15) is 12.5 Å². The lowest BCUT2D eigenvalue weighted by Gasteiger charge is -2.34. The van der Waals surface area contributed by atoms with E-state index in [1.165, 1.54) is 12.8 Å². The van der Waals surface area contributed by atoms with Crippen molar-refractivity contribution in [2.45, 2.75) is 19.5 Å². The molecule has 1 atom stereocenters. The van der Waals surface area contributed by atoms with Crippen LogP contribution in [-0.4, -0.2) is 67.2 Å². The topological polar surface area (TPSA) is 109 Å². The second kappa shape index (κ2) is 9.53. The Balaban J connectivity index is 1.69. The summed E-state index contributed by atoms with van der Waals surface area (Å²) < 4.78 is 4.75. The molecule has 0 bridgehead atoms. The number of ether oxygens (including phenoxy) is 1. The number of rotatable bonds is 7. The van der Waals surface area contributed by atoms with Crippen molar-refractivity contribution in [2.75, 3.05) is 55.9 Å². The number of anilines is 4. The van der Waals surface area contributed by atoms with E-state index < -0.39 is 6.04 Å². The Morgan fingerprint density at radius 3 is 2.55 bits per heavy atom. The van der Waals surface area contributed by atoms with Crippen LogP contribution in [0.25, 0.3) is 0 Å². The van der Waals surface area contributed by atoms with E-state index in [1.54, 1.807) is 13.1 Å². The van der Waals surface area contributed by atoms with Crippen LogP contribution in [0.4, 0.5) is 23.1 Å². The van der Waals surface area contributed by atoms with Gasteiger partial charge in [0.1, 0.15) is 11.9 Å². The molecule has 9 heteroatoms. The van der Waals surface area contributed by atoms with Gasteiger partial charge in [0.15, 0.2) is 0 Å². The summed E-state index contributed by atoms with van der Waals surface area (Å²) >= 11 is 0. The summed E-state index contributed by atoms with van der Waals surface area (Å²) in [6.07, 6.45) is 1.65. The molecule has 2 heterocycles. The highest BCUT2D eigenvalue weighted by molar-refractivity contribution is 5.78. The number of carbonyl (C=O) groups excluding carboxylic acids is 1. The number of nitrogens with zero attached hydrogens (tertiary/aromatic N) is 4.